The number of hydrogen-bond donors (Lipinski definition) is 2. The first-order chi connectivity index (χ1) is 16.5. The fourth-order valence-electron chi connectivity index (χ4n) is 4.31. The molecular formula is C29H24ClNO3. The average Bonchev–Trinajstić information content (AvgIpc) is 2.87. The van der Waals surface area contributed by atoms with Crippen LogP contribution < -0.4 is 5.32 Å². The maximum atomic E-state index is 14.2. The highest BCUT2D eigenvalue weighted by atomic mass is 35.5. The lowest BCUT2D eigenvalue weighted by atomic mass is 9.68. The van der Waals surface area contributed by atoms with E-state index in [1.807, 2.05) is 91.0 Å². The molecule has 0 radical (unpaired) electrons. The summed E-state index contributed by atoms with van der Waals surface area (Å²) in [5.74, 6) is -1.55. The van der Waals surface area contributed by atoms with Crippen molar-refractivity contribution >= 4 is 23.5 Å². The van der Waals surface area contributed by atoms with Crippen LogP contribution in [0.1, 0.15) is 22.3 Å². The van der Waals surface area contributed by atoms with Crippen molar-refractivity contribution in [3.8, 4) is 0 Å². The summed E-state index contributed by atoms with van der Waals surface area (Å²) in [6.07, 6.45) is 0.0647. The normalized spacial score (nSPS) is 12.0. The molecule has 0 heterocycles. The predicted octanol–water partition coefficient (Wildman–Crippen LogP) is 5.49. The van der Waals surface area contributed by atoms with Crippen LogP contribution >= 0.6 is 11.6 Å². The van der Waals surface area contributed by atoms with Gasteiger partial charge in [-0.1, -0.05) is 121 Å². The summed E-state index contributed by atoms with van der Waals surface area (Å²) in [5, 5.41) is 13.3. The zero-order valence-corrected chi connectivity index (χ0v) is 19.2. The number of nitrogens with one attached hydrogen (secondary N) is 1. The smallest absolute Gasteiger partial charge is 0.326 e. The van der Waals surface area contributed by atoms with Gasteiger partial charge in [-0.3, -0.25) is 4.79 Å². The highest BCUT2D eigenvalue weighted by Crippen LogP contribution is 2.39. The Bertz CT molecular complexity index is 1160. The van der Waals surface area contributed by atoms with Crippen LogP contribution in [0.4, 0.5) is 0 Å². The second kappa shape index (κ2) is 10.4. The molecule has 4 nitrogen and oxygen atoms in total. The van der Waals surface area contributed by atoms with E-state index >= 15 is 0 Å². The number of carboxylic acids is 1. The molecule has 0 bridgehead atoms. The number of hydrogen-bond acceptors (Lipinski definition) is 2. The zero-order chi connectivity index (χ0) is 24.0. The minimum absolute atomic E-state index is 0.0647. The molecule has 4 aromatic carbocycles. The largest absolute Gasteiger partial charge is 0.480 e. The molecule has 4 rings (SSSR count). The van der Waals surface area contributed by atoms with Crippen LogP contribution in [-0.4, -0.2) is 23.0 Å². The van der Waals surface area contributed by atoms with Crippen molar-refractivity contribution in [2.75, 3.05) is 0 Å². The Labute approximate surface area is 203 Å². The van der Waals surface area contributed by atoms with Crippen molar-refractivity contribution in [2.45, 2.75) is 17.9 Å². The number of carbonyl (C=O) groups excluding carboxylic acids is 1. The van der Waals surface area contributed by atoms with Crippen molar-refractivity contribution in [1.82, 2.24) is 5.32 Å². The summed E-state index contributed by atoms with van der Waals surface area (Å²) in [6.45, 7) is 0. The van der Waals surface area contributed by atoms with Crippen molar-refractivity contribution < 1.29 is 14.7 Å². The molecule has 0 aliphatic rings. The maximum Gasteiger partial charge on any atom is 0.326 e. The Balaban J connectivity index is 1.85. The Morgan fingerprint density at radius 1 is 0.706 bits per heavy atom. The van der Waals surface area contributed by atoms with Crippen molar-refractivity contribution in [3.05, 3.63) is 143 Å². The Morgan fingerprint density at radius 3 is 1.53 bits per heavy atom. The van der Waals surface area contributed by atoms with E-state index in [1.165, 1.54) is 0 Å². The average molecular weight is 470 g/mol. The van der Waals surface area contributed by atoms with Gasteiger partial charge in [0.05, 0.1) is 0 Å². The zero-order valence-electron chi connectivity index (χ0n) is 18.4. The summed E-state index contributed by atoms with van der Waals surface area (Å²) in [5.41, 5.74) is 1.63. The van der Waals surface area contributed by atoms with Gasteiger partial charge in [-0.15, -0.1) is 0 Å². The minimum atomic E-state index is -1.25. The molecule has 0 aliphatic carbocycles. The van der Waals surface area contributed by atoms with Crippen molar-refractivity contribution in [1.29, 1.82) is 0 Å². The lowest BCUT2D eigenvalue weighted by molar-refractivity contribution is -0.142. The van der Waals surface area contributed by atoms with Crippen LogP contribution in [-0.2, 0) is 21.4 Å². The van der Waals surface area contributed by atoms with E-state index < -0.39 is 23.3 Å². The van der Waals surface area contributed by atoms with Crippen LogP contribution in [0.5, 0.6) is 0 Å². The molecule has 0 aliphatic heterocycles. The third-order valence-corrected chi connectivity index (χ3v) is 6.32. The molecule has 1 amide bonds. The van der Waals surface area contributed by atoms with Gasteiger partial charge in [-0.05, 0) is 28.3 Å². The van der Waals surface area contributed by atoms with Gasteiger partial charge >= 0.3 is 5.97 Å². The SMILES string of the molecule is O=C(O)[C@H](Cc1ccccc1Cl)NC(=O)C(c1ccccc1)(c1ccccc1)c1ccccc1. The second-order valence-corrected chi connectivity index (χ2v) is 8.42. The van der Waals surface area contributed by atoms with Gasteiger partial charge in [0, 0.05) is 11.4 Å². The van der Waals surface area contributed by atoms with Crippen molar-refractivity contribution in [2.24, 2.45) is 0 Å². The molecule has 4 aromatic rings. The first-order valence-electron chi connectivity index (χ1n) is 11.0. The first kappa shape index (κ1) is 23.3. The maximum absolute atomic E-state index is 14.2. The number of carboxylic acid groups (broad SMARTS) is 1. The fraction of sp³-hybridized carbons (Fsp3) is 0.103. The number of rotatable bonds is 8. The number of carbonyl (C=O) groups is 2. The Morgan fingerprint density at radius 2 is 1.12 bits per heavy atom. The number of aliphatic carboxylic acids is 1. The molecular weight excluding hydrogens is 446 g/mol. The molecule has 34 heavy (non-hydrogen) atoms. The summed E-state index contributed by atoms with van der Waals surface area (Å²) in [4.78, 5) is 26.5. The predicted molar refractivity (Wildman–Crippen MR) is 134 cm³/mol. The van der Waals surface area contributed by atoms with Crippen LogP contribution in [0.3, 0.4) is 0 Å². The Kier molecular flexibility index (Phi) is 7.09. The third-order valence-electron chi connectivity index (χ3n) is 5.95. The molecule has 0 saturated heterocycles. The van der Waals surface area contributed by atoms with Crippen molar-refractivity contribution in [3.63, 3.8) is 0 Å². The van der Waals surface area contributed by atoms with Gasteiger partial charge in [0.1, 0.15) is 11.5 Å². The van der Waals surface area contributed by atoms with E-state index in [-0.39, 0.29) is 6.42 Å². The quantitative estimate of drug-likeness (QED) is 0.335. The first-order valence-corrected chi connectivity index (χ1v) is 11.3. The van der Waals surface area contributed by atoms with Gasteiger partial charge in [-0.2, -0.15) is 0 Å². The summed E-state index contributed by atoms with van der Waals surface area (Å²) in [6, 6.07) is 34.2. The van der Waals surface area contributed by atoms with Gasteiger partial charge in [-0.25, -0.2) is 4.79 Å². The van der Waals surface area contributed by atoms with E-state index in [2.05, 4.69) is 5.32 Å². The third kappa shape index (κ3) is 4.59. The van der Waals surface area contributed by atoms with Crippen LogP contribution in [0, 0.1) is 0 Å². The van der Waals surface area contributed by atoms with Gasteiger partial charge < -0.3 is 10.4 Å². The molecule has 170 valence electrons. The second-order valence-electron chi connectivity index (χ2n) is 8.01. The Hall–Kier alpha value is -3.89. The highest BCUT2D eigenvalue weighted by Gasteiger charge is 2.45. The fourth-order valence-corrected chi connectivity index (χ4v) is 4.52. The van der Waals surface area contributed by atoms with E-state index in [0.29, 0.717) is 10.6 Å². The lowest BCUT2D eigenvalue weighted by Gasteiger charge is -2.35. The van der Waals surface area contributed by atoms with Crippen LogP contribution in [0.25, 0.3) is 0 Å². The number of halogens is 1. The molecule has 1 atom stereocenters. The van der Waals surface area contributed by atoms with Gasteiger partial charge in [0.15, 0.2) is 0 Å². The van der Waals surface area contributed by atoms with Gasteiger partial charge in [0.25, 0.3) is 0 Å². The molecule has 2 N–H and O–H groups in total. The van der Waals surface area contributed by atoms with Crippen LogP contribution in [0.15, 0.2) is 115 Å². The minimum Gasteiger partial charge on any atom is -0.480 e. The lowest BCUT2D eigenvalue weighted by Crippen LogP contribution is -2.52. The summed E-state index contributed by atoms with van der Waals surface area (Å²) >= 11 is 6.28. The molecule has 0 fully saturated rings. The topological polar surface area (TPSA) is 66.4 Å². The monoisotopic (exact) mass is 469 g/mol. The van der Waals surface area contributed by atoms with E-state index in [0.717, 1.165) is 16.7 Å². The summed E-state index contributed by atoms with van der Waals surface area (Å²) in [7, 11) is 0. The standard InChI is InChI=1S/C29H24ClNO3/c30-25-19-11-10-12-21(25)20-26(27(32)33)31-28(34)29(22-13-4-1-5-14-22,23-15-6-2-7-16-23)24-17-8-3-9-18-24/h1-19,26H,20H2,(H,31,34)(H,32,33)/t26-/m0/s1. The number of benzene rings is 4. The van der Waals surface area contributed by atoms with Crippen LogP contribution in [0.2, 0.25) is 5.02 Å². The molecule has 0 unspecified atom stereocenters. The molecule has 0 saturated carbocycles. The number of amides is 1. The van der Waals surface area contributed by atoms with Gasteiger partial charge in [0.2, 0.25) is 5.91 Å². The van der Waals surface area contributed by atoms with E-state index in [1.54, 1.807) is 24.3 Å². The molecule has 5 heteroatoms. The van der Waals surface area contributed by atoms with E-state index in [4.69, 9.17) is 11.6 Å². The highest BCUT2D eigenvalue weighted by molar-refractivity contribution is 6.31. The van der Waals surface area contributed by atoms with E-state index in [9.17, 15) is 14.7 Å². The molecule has 0 spiro atoms. The molecule has 0 aromatic heterocycles. The summed E-state index contributed by atoms with van der Waals surface area (Å²) < 4.78 is 0.